The molecule has 1 aromatic carbocycles. The maximum atomic E-state index is 13.1. The molecule has 0 aliphatic heterocycles. The summed E-state index contributed by atoms with van der Waals surface area (Å²) in [6.07, 6.45) is 1.68. The highest BCUT2D eigenvalue weighted by Crippen LogP contribution is 2.15. The van der Waals surface area contributed by atoms with Gasteiger partial charge in [-0.1, -0.05) is 0 Å². The van der Waals surface area contributed by atoms with Crippen LogP contribution in [0.25, 0.3) is 0 Å². The average Bonchev–Trinajstić information content (AvgIpc) is 2.30. The summed E-state index contributed by atoms with van der Waals surface area (Å²) in [5, 5.41) is 11.3. The summed E-state index contributed by atoms with van der Waals surface area (Å²) in [6, 6.07) is 3.48. The van der Waals surface area contributed by atoms with Gasteiger partial charge in [-0.15, -0.1) is 0 Å². The first-order valence-corrected chi connectivity index (χ1v) is 5.98. The lowest BCUT2D eigenvalue weighted by atomic mass is 10.1. The largest absolute Gasteiger partial charge is 0.478 e. The second-order valence-corrected chi connectivity index (χ2v) is 4.42. The number of hydrogen-bond acceptors (Lipinski definition) is 3. The van der Waals surface area contributed by atoms with E-state index in [1.165, 1.54) is 6.07 Å². The number of hydrogen-bond donors (Lipinski definition) is 3. The third-order valence-electron chi connectivity index (χ3n) is 2.54. The molecule has 104 valence electrons. The van der Waals surface area contributed by atoms with Gasteiger partial charge in [-0.3, -0.25) is 4.79 Å². The Balaban J connectivity index is 2.60. The van der Waals surface area contributed by atoms with Gasteiger partial charge < -0.3 is 16.2 Å². The fraction of sp³-hybridized carbons (Fsp3) is 0.385. The lowest BCUT2D eigenvalue weighted by Crippen LogP contribution is -2.17. The van der Waals surface area contributed by atoms with Crippen molar-refractivity contribution in [3.8, 4) is 0 Å². The van der Waals surface area contributed by atoms with E-state index in [2.05, 4.69) is 5.32 Å². The van der Waals surface area contributed by atoms with Crippen LogP contribution >= 0.6 is 0 Å². The molecule has 0 fully saturated rings. The van der Waals surface area contributed by atoms with Crippen LogP contribution in [-0.4, -0.2) is 23.0 Å². The van der Waals surface area contributed by atoms with Crippen LogP contribution in [0.5, 0.6) is 0 Å². The number of amides is 1. The summed E-state index contributed by atoms with van der Waals surface area (Å²) >= 11 is 0. The van der Waals surface area contributed by atoms with Crippen molar-refractivity contribution < 1.29 is 19.1 Å². The second-order valence-electron chi connectivity index (χ2n) is 4.42. The summed E-state index contributed by atoms with van der Waals surface area (Å²) in [5.41, 5.74) is 5.37. The molecule has 0 radical (unpaired) electrons. The highest BCUT2D eigenvalue weighted by Gasteiger charge is 2.12. The van der Waals surface area contributed by atoms with Crippen molar-refractivity contribution in [2.75, 3.05) is 5.32 Å². The lowest BCUT2D eigenvalue weighted by molar-refractivity contribution is -0.116. The summed E-state index contributed by atoms with van der Waals surface area (Å²) in [7, 11) is 0. The summed E-state index contributed by atoms with van der Waals surface area (Å²) in [4.78, 5) is 22.3. The maximum Gasteiger partial charge on any atom is 0.338 e. The predicted octanol–water partition coefficient (Wildman–Crippen LogP) is 1.98. The van der Waals surface area contributed by atoms with Crippen molar-refractivity contribution in [2.24, 2.45) is 5.73 Å². The van der Waals surface area contributed by atoms with E-state index in [0.29, 0.717) is 12.8 Å². The quantitative estimate of drug-likeness (QED) is 0.735. The van der Waals surface area contributed by atoms with Crippen LogP contribution in [0.15, 0.2) is 18.2 Å². The Bertz CT molecular complexity index is 475. The van der Waals surface area contributed by atoms with Gasteiger partial charge in [-0.2, -0.15) is 0 Å². The Morgan fingerprint density at radius 3 is 2.74 bits per heavy atom. The molecule has 0 bridgehead atoms. The Morgan fingerprint density at radius 2 is 2.16 bits per heavy atom. The second kappa shape index (κ2) is 6.84. The fourth-order valence-electron chi connectivity index (χ4n) is 1.58. The zero-order chi connectivity index (χ0) is 14.4. The normalized spacial score (nSPS) is 11.9. The molecule has 1 aromatic rings. The van der Waals surface area contributed by atoms with Crippen LogP contribution in [0.4, 0.5) is 10.1 Å². The minimum atomic E-state index is -1.37. The van der Waals surface area contributed by atoms with Gasteiger partial charge in [0.2, 0.25) is 5.91 Å². The van der Waals surface area contributed by atoms with Gasteiger partial charge in [0.15, 0.2) is 0 Å². The van der Waals surface area contributed by atoms with E-state index >= 15 is 0 Å². The number of carboxylic acid groups (broad SMARTS) is 1. The van der Waals surface area contributed by atoms with Crippen LogP contribution in [-0.2, 0) is 4.79 Å². The number of anilines is 1. The number of benzene rings is 1. The molecule has 1 amide bonds. The number of nitrogens with one attached hydrogen (secondary N) is 1. The van der Waals surface area contributed by atoms with Crippen molar-refractivity contribution in [1.29, 1.82) is 0 Å². The van der Waals surface area contributed by atoms with E-state index in [-0.39, 0.29) is 17.6 Å². The number of carboxylic acids is 1. The molecule has 1 unspecified atom stereocenters. The van der Waals surface area contributed by atoms with Crippen molar-refractivity contribution in [1.82, 2.24) is 0 Å². The number of rotatable bonds is 6. The van der Waals surface area contributed by atoms with Crippen LogP contribution in [0.1, 0.15) is 36.5 Å². The molecular weight excluding hydrogens is 251 g/mol. The molecular formula is C13H17FN2O3. The van der Waals surface area contributed by atoms with Crippen LogP contribution in [0.2, 0.25) is 0 Å². The molecule has 0 aliphatic carbocycles. The van der Waals surface area contributed by atoms with Gasteiger partial charge in [0.25, 0.3) is 0 Å². The lowest BCUT2D eigenvalue weighted by Gasteiger charge is -2.07. The molecule has 6 heteroatoms. The first-order chi connectivity index (χ1) is 8.90. The van der Waals surface area contributed by atoms with Crippen molar-refractivity contribution in [2.45, 2.75) is 32.2 Å². The van der Waals surface area contributed by atoms with E-state index < -0.39 is 17.3 Å². The minimum Gasteiger partial charge on any atom is -0.478 e. The third-order valence-corrected chi connectivity index (χ3v) is 2.54. The Morgan fingerprint density at radius 1 is 1.47 bits per heavy atom. The number of carbonyl (C=O) groups excluding carboxylic acids is 1. The van der Waals surface area contributed by atoms with Gasteiger partial charge in [-0.05, 0) is 38.0 Å². The molecule has 0 aliphatic rings. The third kappa shape index (κ3) is 5.05. The van der Waals surface area contributed by atoms with Crippen LogP contribution in [0.3, 0.4) is 0 Å². The first kappa shape index (κ1) is 15.1. The van der Waals surface area contributed by atoms with E-state index in [1.54, 1.807) is 0 Å². The summed E-state index contributed by atoms with van der Waals surface area (Å²) < 4.78 is 13.1. The van der Waals surface area contributed by atoms with Gasteiger partial charge in [-0.25, -0.2) is 9.18 Å². The van der Waals surface area contributed by atoms with Crippen molar-refractivity contribution >= 4 is 17.6 Å². The molecule has 5 nitrogen and oxygen atoms in total. The molecule has 0 aromatic heterocycles. The zero-order valence-electron chi connectivity index (χ0n) is 10.6. The Kier molecular flexibility index (Phi) is 5.44. The maximum absolute atomic E-state index is 13.1. The van der Waals surface area contributed by atoms with Gasteiger partial charge >= 0.3 is 5.97 Å². The number of halogens is 1. The smallest absolute Gasteiger partial charge is 0.338 e. The molecule has 1 atom stereocenters. The highest BCUT2D eigenvalue weighted by molar-refractivity contribution is 5.94. The van der Waals surface area contributed by atoms with Gasteiger partial charge in [0.05, 0.1) is 5.56 Å². The predicted molar refractivity (Wildman–Crippen MR) is 69.5 cm³/mol. The molecule has 1 rings (SSSR count). The molecule has 19 heavy (non-hydrogen) atoms. The summed E-state index contributed by atoms with van der Waals surface area (Å²) in [5.74, 6) is -2.45. The SMILES string of the molecule is CC(N)CCCC(=O)Nc1ccc(F)c(C(=O)O)c1. The van der Waals surface area contributed by atoms with E-state index in [1.807, 2.05) is 6.92 Å². The fourth-order valence-corrected chi connectivity index (χ4v) is 1.58. The van der Waals surface area contributed by atoms with Gasteiger partial charge in [0.1, 0.15) is 5.82 Å². The highest BCUT2D eigenvalue weighted by atomic mass is 19.1. The van der Waals surface area contributed by atoms with Gasteiger partial charge in [0, 0.05) is 18.2 Å². The summed E-state index contributed by atoms with van der Waals surface area (Å²) in [6.45, 7) is 1.86. The topological polar surface area (TPSA) is 92.4 Å². The number of aromatic carboxylic acids is 1. The van der Waals surface area contributed by atoms with Crippen molar-refractivity contribution in [3.63, 3.8) is 0 Å². The minimum absolute atomic E-state index is 0.0391. The number of carbonyl (C=O) groups is 2. The van der Waals surface area contributed by atoms with Crippen LogP contribution < -0.4 is 11.1 Å². The monoisotopic (exact) mass is 268 g/mol. The zero-order valence-corrected chi connectivity index (χ0v) is 10.6. The molecule has 0 heterocycles. The van der Waals surface area contributed by atoms with E-state index in [0.717, 1.165) is 18.6 Å². The van der Waals surface area contributed by atoms with Crippen molar-refractivity contribution in [3.05, 3.63) is 29.6 Å². The Hall–Kier alpha value is -1.95. The molecule has 0 saturated heterocycles. The standard InChI is InChI=1S/C13H17FN2O3/c1-8(15)3-2-4-12(17)16-9-5-6-11(14)10(7-9)13(18)19/h5-8H,2-4,15H2,1H3,(H,16,17)(H,18,19). The van der Waals surface area contributed by atoms with Crippen LogP contribution in [0, 0.1) is 5.82 Å². The molecule has 4 N–H and O–H groups in total. The average molecular weight is 268 g/mol. The number of nitrogens with two attached hydrogens (primary N) is 1. The van der Waals surface area contributed by atoms with E-state index in [9.17, 15) is 14.0 Å². The Labute approximate surface area is 110 Å². The molecule has 0 saturated carbocycles. The van der Waals surface area contributed by atoms with E-state index in [4.69, 9.17) is 10.8 Å². The molecule has 0 spiro atoms. The first-order valence-electron chi connectivity index (χ1n) is 5.98.